The highest BCUT2D eigenvalue weighted by Crippen LogP contribution is 2.37. The van der Waals surface area contributed by atoms with E-state index in [4.69, 9.17) is 0 Å². The van der Waals surface area contributed by atoms with Gasteiger partial charge in [0, 0.05) is 10.3 Å². The van der Waals surface area contributed by atoms with E-state index < -0.39 is 0 Å². The Morgan fingerprint density at radius 1 is 1.47 bits per heavy atom. The van der Waals surface area contributed by atoms with Crippen LogP contribution in [0.15, 0.2) is 9.85 Å². The molecule has 0 radical (unpaired) electrons. The van der Waals surface area contributed by atoms with Crippen molar-refractivity contribution in [1.82, 2.24) is 5.32 Å². The largest absolute Gasteiger partial charge is 0.317 e. The third kappa shape index (κ3) is 3.58. The van der Waals surface area contributed by atoms with Crippen LogP contribution in [0.5, 0.6) is 0 Å². The number of nitrogens with one attached hydrogen (secondary N) is 1. The number of thiophene rings is 1. The topological polar surface area (TPSA) is 12.0 Å². The Bertz CT molecular complexity index is 298. The molecule has 1 heterocycles. The van der Waals surface area contributed by atoms with E-state index in [0.29, 0.717) is 0 Å². The highest BCUT2D eigenvalue weighted by molar-refractivity contribution is 9.11. The predicted molar refractivity (Wildman–Crippen MR) is 72.9 cm³/mol. The van der Waals surface area contributed by atoms with Gasteiger partial charge in [0.2, 0.25) is 0 Å². The zero-order chi connectivity index (χ0) is 11.5. The van der Waals surface area contributed by atoms with Gasteiger partial charge in [0.15, 0.2) is 0 Å². The smallest absolute Gasteiger partial charge is 0.0730 e. The van der Waals surface area contributed by atoms with E-state index in [1.165, 1.54) is 20.6 Å². The Labute approximate surface area is 105 Å². The van der Waals surface area contributed by atoms with Crippen LogP contribution in [0.4, 0.5) is 0 Å². The molecule has 1 aromatic rings. The maximum atomic E-state index is 3.59. The van der Waals surface area contributed by atoms with Crippen molar-refractivity contribution in [2.24, 2.45) is 0 Å². The van der Waals surface area contributed by atoms with Crippen LogP contribution in [0.1, 0.15) is 37.6 Å². The van der Waals surface area contributed by atoms with Crippen molar-refractivity contribution in [3.63, 3.8) is 0 Å². The highest BCUT2D eigenvalue weighted by Gasteiger charge is 2.22. The minimum absolute atomic E-state index is 0.281. The minimum Gasteiger partial charge on any atom is -0.317 e. The van der Waals surface area contributed by atoms with E-state index in [9.17, 15) is 0 Å². The molecule has 0 aliphatic heterocycles. The summed E-state index contributed by atoms with van der Waals surface area (Å²) in [7, 11) is 0. The van der Waals surface area contributed by atoms with Crippen LogP contribution in [0.2, 0.25) is 0 Å². The fraction of sp³-hybridized carbons (Fsp3) is 0.667. The molecule has 1 nitrogen and oxygen atoms in total. The lowest BCUT2D eigenvalue weighted by atomic mass is 9.87. The number of halogens is 1. The van der Waals surface area contributed by atoms with E-state index in [0.717, 1.165) is 13.1 Å². The predicted octanol–water partition coefficient (Wildman–Crippen LogP) is 4.10. The molecule has 1 N–H and O–H groups in total. The van der Waals surface area contributed by atoms with Crippen LogP contribution in [0, 0.1) is 6.92 Å². The van der Waals surface area contributed by atoms with Gasteiger partial charge in [0.25, 0.3) is 0 Å². The SMILES string of the molecule is CCNCCC(C)(C)c1cc(C)c(Br)s1. The first-order chi connectivity index (χ1) is 6.97. The molecule has 0 spiro atoms. The monoisotopic (exact) mass is 289 g/mol. The highest BCUT2D eigenvalue weighted by atomic mass is 79.9. The second-order valence-electron chi connectivity index (χ2n) is 4.55. The Morgan fingerprint density at radius 3 is 2.60 bits per heavy atom. The minimum atomic E-state index is 0.281. The van der Waals surface area contributed by atoms with Gasteiger partial charge in [-0.05, 0) is 54.0 Å². The maximum absolute atomic E-state index is 3.59. The van der Waals surface area contributed by atoms with E-state index in [2.05, 4.69) is 55.0 Å². The fourth-order valence-electron chi connectivity index (χ4n) is 1.49. The molecular weight excluding hydrogens is 270 g/mol. The van der Waals surface area contributed by atoms with Gasteiger partial charge in [-0.3, -0.25) is 0 Å². The molecule has 1 aromatic heterocycles. The van der Waals surface area contributed by atoms with Crippen LogP contribution < -0.4 is 5.32 Å². The van der Waals surface area contributed by atoms with Crippen molar-refractivity contribution >= 4 is 27.3 Å². The molecule has 0 amide bonds. The fourth-order valence-corrected chi connectivity index (χ4v) is 3.16. The Kier molecular flexibility index (Phi) is 4.81. The van der Waals surface area contributed by atoms with Crippen LogP contribution >= 0.6 is 27.3 Å². The quantitative estimate of drug-likeness (QED) is 0.805. The molecule has 0 atom stereocenters. The van der Waals surface area contributed by atoms with E-state index in [1.54, 1.807) is 0 Å². The Morgan fingerprint density at radius 2 is 2.13 bits per heavy atom. The average Bonchev–Trinajstić information content (AvgIpc) is 2.48. The summed E-state index contributed by atoms with van der Waals surface area (Å²) in [4.78, 5) is 1.48. The first kappa shape index (κ1) is 13.2. The van der Waals surface area contributed by atoms with Crippen LogP contribution in [-0.2, 0) is 5.41 Å². The summed E-state index contributed by atoms with van der Waals surface area (Å²) in [5.41, 5.74) is 1.63. The molecule has 0 aromatic carbocycles. The number of hydrogen-bond donors (Lipinski definition) is 1. The van der Waals surface area contributed by atoms with E-state index in [-0.39, 0.29) is 5.41 Å². The van der Waals surface area contributed by atoms with Crippen molar-refractivity contribution in [3.05, 3.63) is 20.3 Å². The first-order valence-electron chi connectivity index (χ1n) is 5.44. The van der Waals surface area contributed by atoms with Crippen LogP contribution in [0.25, 0.3) is 0 Å². The van der Waals surface area contributed by atoms with Gasteiger partial charge in [0.1, 0.15) is 0 Å². The average molecular weight is 290 g/mol. The summed E-state index contributed by atoms with van der Waals surface area (Å²) in [6.45, 7) is 11.1. The van der Waals surface area contributed by atoms with Gasteiger partial charge in [-0.2, -0.15) is 0 Å². The molecule has 0 aliphatic rings. The van der Waals surface area contributed by atoms with Crippen molar-refractivity contribution < 1.29 is 0 Å². The van der Waals surface area contributed by atoms with Gasteiger partial charge in [-0.25, -0.2) is 0 Å². The number of hydrogen-bond acceptors (Lipinski definition) is 2. The van der Waals surface area contributed by atoms with Crippen LogP contribution in [0.3, 0.4) is 0 Å². The normalized spacial score (nSPS) is 12.1. The summed E-state index contributed by atoms with van der Waals surface area (Å²) < 4.78 is 1.27. The third-order valence-electron chi connectivity index (χ3n) is 2.70. The van der Waals surface area contributed by atoms with Crippen molar-refractivity contribution in [3.8, 4) is 0 Å². The molecule has 15 heavy (non-hydrogen) atoms. The second kappa shape index (κ2) is 5.46. The number of rotatable bonds is 5. The van der Waals surface area contributed by atoms with E-state index in [1.807, 2.05) is 11.3 Å². The summed E-state index contributed by atoms with van der Waals surface area (Å²) in [5, 5.41) is 3.39. The second-order valence-corrected chi connectivity index (χ2v) is 6.92. The summed E-state index contributed by atoms with van der Waals surface area (Å²) in [6.07, 6.45) is 1.19. The Balaban J connectivity index is 2.67. The molecule has 0 fully saturated rings. The lowest BCUT2D eigenvalue weighted by Gasteiger charge is -2.23. The summed E-state index contributed by atoms with van der Waals surface area (Å²) in [6, 6.07) is 2.31. The summed E-state index contributed by atoms with van der Waals surface area (Å²) >= 11 is 5.46. The van der Waals surface area contributed by atoms with Gasteiger partial charge in [0.05, 0.1) is 3.79 Å². The molecule has 0 bridgehead atoms. The van der Waals surface area contributed by atoms with Crippen LogP contribution in [-0.4, -0.2) is 13.1 Å². The van der Waals surface area contributed by atoms with Gasteiger partial charge in [-0.1, -0.05) is 20.8 Å². The molecule has 86 valence electrons. The lowest BCUT2D eigenvalue weighted by Crippen LogP contribution is -2.24. The first-order valence-corrected chi connectivity index (χ1v) is 7.05. The van der Waals surface area contributed by atoms with Crippen molar-refractivity contribution in [2.45, 2.75) is 39.5 Å². The van der Waals surface area contributed by atoms with Crippen molar-refractivity contribution in [1.29, 1.82) is 0 Å². The third-order valence-corrected chi connectivity index (χ3v) is 5.20. The molecule has 0 unspecified atom stereocenters. The zero-order valence-corrected chi connectivity index (χ0v) is 12.4. The standard InChI is InChI=1S/C12H20BrNS/c1-5-14-7-6-12(3,4)10-8-9(2)11(13)15-10/h8,14H,5-7H2,1-4H3. The number of aryl methyl sites for hydroxylation is 1. The molecule has 0 saturated heterocycles. The van der Waals surface area contributed by atoms with Gasteiger partial charge >= 0.3 is 0 Å². The molecular formula is C12H20BrNS. The zero-order valence-electron chi connectivity index (χ0n) is 9.98. The molecule has 3 heteroatoms. The van der Waals surface area contributed by atoms with Gasteiger partial charge in [-0.15, -0.1) is 11.3 Å². The molecule has 0 saturated carbocycles. The summed E-state index contributed by atoms with van der Waals surface area (Å²) in [5.74, 6) is 0. The lowest BCUT2D eigenvalue weighted by molar-refractivity contribution is 0.469. The Hall–Kier alpha value is 0.140. The maximum Gasteiger partial charge on any atom is 0.0730 e. The molecule has 0 aliphatic carbocycles. The van der Waals surface area contributed by atoms with Gasteiger partial charge < -0.3 is 5.32 Å². The van der Waals surface area contributed by atoms with Crippen molar-refractivity contribution in [2.75, 3.05) is 13.1 Å². The molecule has 1 rings (SSSR count). The van der Waals surface area contributed by atoms with E-state index >= 15 is 0 Å².